The third-order valence-electron chi connectivity index (χ3n) is 3.81. The molecule has 1 aliphatic heterocycles. The van der Waals surface area contributed by atoms with Crippen molar-refractivity contribution in [1.29, 1.82) is 0 Å². The molecule has 1 saturated heterocycles. The summed E-state index contributed by atoms with van der Waals surface area (Å²) in [7, 11) is 1.35. The van der Waals surface area contributed by atoms with Gasteiger partial charge in [-0.3, -0.25) is 14.7 Å². The Morgan fingerprint density at radius 2 is 2.09 bits per heavy atom. The molecule has 1 fully saturated rings. The molecule has 0 bridgehead atoms. The Balaban J connectivity index is 2.24. The van der Waals surface area contributed by atoms with Gasteiger partial charge in [0, 0.05) is 18.4 Å². The summed E-state index contributed by atoms with van der Waals surface area (Å²) in [6.45, 7) is 5.49. The van der Waals surface area contributed by atoms with E-state index in [9.17, 15) is 9.59 Å². The van der Waals surface area contributed by atoms with Gasteiger partial charge in [0.05, 0.1) is 19.6 Å². The van der Waals surface area contributed by atoms with Gasteiger partial charge in [0.1, 0.15) is 5.60 Å². The van der Waals surface area contributed by atoms with Gasteiger partial charge in [0.2, 0.25) is 0 Å². The average Bonchev–Trinajstić information content (AvgIpc) is 2.90. The van der Waals surface area contributed by atoms with Crippen LogP contribution >= 0.6 is 0 Å². The van der Waals surface area contributed by atoms with Gasteiger partial charge >= 0.3 is 12.1 Å². The number of hydrogen-bond acceptors (Lipinski definition) is 5. The molecular weight excluding hydrogens is 296 g/mol. The first-order chi connectivity index (χ1) is 10.8. The second-order valence-electron chi connectivity index (χ2n) is 6.70. The molecule has 126 valence electrons. The lowest BCUT2D eigenvalue weighted by Gasteiger charge is -2.32. The van der Waals surface area contributed by atoms with Gasteiger partial charge in [-0.1, -0.05) is 6.07 Å². The van der Waals surface area contributed by atoms with Crippen molar-refractivity contribution in [3.63, 3.8) is 0 Å². The topological polar surface area (TPSA) is 68.7 Å². The predicted octanol–water partition coefficient (Wildman–Crippen LogP) is 3.09. The number of amides is 1. The third kappa shape index (κ3) is 4.43. The van der Waals surface area contributed by atoms with Crippen molar-refractivity contribution in [2.75, 3.05) is 7.11 Å². The van der Waals surface area contributed by atoms with E-state index in [-0.39, 0.29) is 24.5 Å². The number of likely N-dealkylation sites (tertiary alicyclic amines) is 1. The van der Waals surface area contributed by atoms with Crippen LogP contribution in [0, 0.1) is 0 Å². The Hall–Kier alpha value is -2.11. The molecule has 2 heterocycles. The maximum atomic E-state index is 12.7. The van der Waals surface area contributed by atoms with Crippen LogP contribution in [-0.4, -0.2) is 40.7 Å². The van der Waals surface area contributed by atoms with Crippen molar-refractivity contribution in [2.24, 2.45) is 0 Å². The van der Waals surface area contributed by atoms with E-state index in [4.69, 9.17) is 9.47 Å². The third-order valence-corrected chi connectivity index (χ3v) is 3.81. The first-order valence-electron chi connectivity index (χ1n) is 7.80. The summed E-state index contributed by atoms with van der Waals surface area (Å²) >= 11 is 0. The fourth-order valence-electron chi connectivity index (χ4n) is 2.85. The Labute approximate surface area is 136 Å². The molecule has 1 aromatic heterocycles. The normalized spacial score (nSPS) is 21.1. The van der Waals surface area contributed by atoms with Crippen molar-refractivity contribution in [3.05, 3.63) is 30.1 Å². The van der Waals surface area contributed by atoms with E-state index in [1.807, 2.05) is 32.9 Å². The minimum atomic E-state index is -0.588. The number of rotatable bonds is 3. The number of hydrogen-bond donors (Lipinski definition) is 0. The fraction of sp³-hybridized carbons (Fsp3) is 0.588. The second kappa shape index (κ2) is 6.98. The van der Waals surface area contributed by atoms with Crippen LogP contribution in [0.4, 0.5) is 4.79 Å². The maximum absolute atomic E-state index is 12.7. The van der Waals surface area contributed by atoms with E-state index < -0.39 is 11.7 Å². The van der Waals surface area contributed by atoms with Gasteiger partial charge < -0.3 is 9.47 Å². The molecular formula is C17H24N2O4. The van der Waals surface area contributed by atoms with Gasteiger partial charge in [-0.2, -0.15) is 0 Å². The quantitative estimate of drug-likeness (QED) is 0.801. The molecule has 1 aliphatic rings. The number of aromatic nitrogens is 1. The molecule has 1 amide bonds. The van der Waals surface area contributed by atoms with Crippen molar-refractivity contribution in [2.45, 2.75) is 57.7 Å². The van der Waals surface area contributed by atoms with E-state index >= 15 is 0 Å². The molecule has 6 nitrogen and oxygen atoms in total. The van der Waals surface area contributed by atoms with Gasteiger partial charge in [-0.25, -0.2) is 4.79 Å². The highest BCUT2D eigenvalue weighted by Gasteiger charge is 2.41. The van der Waals surface area contributed by atoms with Crippen molar-refractivity contribution < 1.29 is 19.1 Å². The van der Waals surface area contributed by atoms with Crippen LogP contribution in [0.5, 0.6) is 0 Å². The van der Waals surface area contributed by atoms with Crippen LogP contribution in [0.2, 0.25) is 0 Å². The molecule has 23 heavy (non-hydrogen) atoms. The van der Waals surface area contributed by atoms with E-state index in [1.165, 1.54) is 7.11 Å². The molecule has 0 N–H and O–H groups in total. The molecule has 0 saturated carbocycles. The summed E-state index contributed by atoms with van der Waals surface area (Å²) in [5.74, 6) is -0.324. The summed E-state index contributed by atoms with van der Waals surface area (Å²) in [6, 6.07) is 3.43. The zero-order chi connectivity index (χ0) is 17.0. The Morgan fingerprint density at radius 1 is 1.35 bits per heavy atom. The minimum Gasteiger partial charge on any atom is -0.469 e. The summed E-state index contributed by atoms with van der Waals surface area (Å²) in [4.78, 5) is 30.1. The lowest BCUT2D eigenvalue weighted by atomic mass is 10.1. The van der Waals surface area contributed by atoms with Crippen LogP contribution in [0.3, 0.4) is 0 Å². The Bertz CT molecular complexity index is 553. The monoisotopic (exact) mass is 320 g/mol. The first-order valence-corrected chi connectivity index (χ1v) is 7.80. The summed E-state index contributed by atoms with van der Waals surface area (Å²) in [6.07, 6.45) is 4.72. The lowest BCUT2D eigenvalue weighted by molar-refractivity contribution is -0.141. The van der Waals surface area contributed by atoms with Crippen molar-refractivity contribution >= 4 is 12.1 Å². The van der Waals surface area contributed by atoms with Crippen LogP contribution in [0.25, 0.3) is 0 Å². The van der Waals surface area contributed by atoms with Crippen molar-refractivity contribution in [3.8, 4) is 0 Å². The molecule has 0 unspecified atom stereocenters. The Kier molecular flexibility index (Phi) is 5.23. The van der Waals surface area contributed by atoms with E-state index in [1.54, 1.807) is 17.3 Å². The number of ether oxygens (including phenoxy) is 2. The number of pyridine rings is 1. The molecule has 6 heteroatoms. The van der Waals surface area contributed by atoms with Crippen LogP contribution in [-0.2, 0) is 14.3 Å². The van der Waals surface area contributed by atoms with E-state index in [0.29, 0.717) is 0 Å². The average molecular weight is 320 g/mol. The smallest absolute Gasteiger partial charge is 0.411 e. The molecule has 0 radical (unpaired) electrons. The standard InChI is InChI=1S/C17H24N2O4/c1-17(2,3)23-16(21)19-13(10-15(20)22-4)7-8-14(19)12-6-5-9-18-11-12/h5-6,9,11,13-14H,7-8,10H2,1-4H3/t13-,14+/m0/s1. The molecule has 0 aromatic carbocycles. The van der Waals surface area contributed by atoms with Gasteiger partial charge in [0.15, 0.2) is 0 Å². The SMILES string of the molecule is COC(=O)C[C@@H]1CC[C@H](c2cccnc2)N1C(=O)OC(C)(C)C. The lowest BCUT2D eigenvalue weighted by Crippen LogP contribution is -2.42. The Morgan fingerprint density at radius 3 is 2.65 bits per heavy atom. The zero-order valence-corrected chi connectivity index (χ0v) is 14.1. The zero-order valence-electron chi connectivity index (χ0n) is 14.1. The number of carbonyl (C=O) groups is 2. The highest BCUT2D eigenvalue weighted by Crippen LogP contribution is 2.38. The van der Waals surface area contributed by atoms with Crippen LogP contribution in [0.1, 0.15) is 51.6 Å². The molecule has 0 spiro atoms. The van der Waals surface area contributed by atoms with Crippen LogP contribution in [0.15, 0.2) is 24.5 Å². The van der Waals surface area contributed by atoms with Gasteiger partial charge in [0.25, 0.3) is 0 Å². The number of esters is 1. The number of carbonyl (C=O) groups excluding carboxylic acids is 2. The molecule has 2 atom stereocenters. The van der Waals surface area contributed by atoms with Gasteiger partial charge in [-0.05, 0) is 45.2 Å². The minimum absolute atomic E-state index is 0.131. The fourth-order valence-corrected chi connectivity index (χ4v) is 2.85. The number of methoxy groups -OCH3 is 1. The number of nitrogens with zero attached hydrogens (tertiary/aromatic N) is 2. The molecule has 2 rings (SSSR count). The summed E-state index contributed by atoms with van der Waals surface area (Å²) in [5, 5.41) is 0. The second-order valence-corrected chi connectivity index (χ2v) is 6.70. The van der Waals surface area contributed by atoms with Gasteiger partial charge in [-0.15, -0.1) is 0 Å². The van der Waals surface area contributed by atoms with Crippen LogP contribution < -0.4 is 0 Å². The highest BCUT2D eigenvalue weighted by molar-refractivity contribution is 5.73. The maximum Gasteiger partial charge on any atom is 0.411 e. The highest BCUT2D eigenvalue weighted by atomic mass is 16.6. The van der Waals surface area contributed by atoms with E-state index in [2.05, 4.69) is 4.98 Å². The summed E-state index contributed by atoms with van der Waals surface area (Å²) < 4.78 is 10.3. The first kappa shape index (κ1) is 17.2. The largest absolute Gasteiger partial charge is 0.469 e. The predicted molar refractivity (Wildman–Crippen MR) is 84.7 cm³/mol. The van der Waals surface area contributed by atoms with Crippen molar-refractivity contribution in [1.82, 2.24) is 9.88 Å². The summed E-state index contributed by atoms with van der Waals surface area (Å²) in [5.41, 5.74) is 0.361. The molecule has 1 aromatic rings. The molecule has 0 aliphatic carbocycles. The van der Waals surface area contributed by atoms with E-state index in [0.717, 1.165) is 18.4 Å².